The summed E-state index contributed by atoms with van der Waals surface area (Å²) < 4.78 is 54.5. The standard InChI is InChI=1S/C25H25ClN2O5S2/c26-21-12-14-23(15-13-21)35(31,32)27-17-18-28-24(16-11-20-7-3-1-4-8-20)25(19-33-28)34(29,30)22-9-5-2-6-10-22/h1-16,24-25,27H,17-19H2/b16-11+/t24-,25+/m1/s1. The van der Waals surface area contributed by atoms with E-state index in [0.29, 0.717) is 5.02 Å². The highest BCUT2D eigenvalue weighted by Gasteiger charge is 2.43. The highest BCUT2D eigenvalue weighted by molar-refractivity contribution is 7.92. The maximum Gasteiger partial charge on any atom is 0.240 e. The third-order valence-corrected chi connectivity index (χ3v) is 9.49. The van der Waals surface area contributed by atoms with E-state index in [1.165, 1.54) is 29.3 Å². The summed E-state index contributed by atoms with van der Waals surface area (Å²) in [6, 6.07) is 23.0. The van der Waals surface area contributed by atoms with Gasteiger partial charge in [0.1, 0.15) is 5.25 Å². The molecule has 1 N–H and O–H groups in total. The van der Waals surface area contributed by atoms with Gasteiger partial charge in [0.2, 0.25) is 10.0 Å². The van der Waals surface area contributed by atoms with E-state index < -0.39 is 31.2 Å². The van der Waals surface area contributed by atoms with Crippen LogP contribution in [0.1, 0.15) is 5.56 Å². The normalized spacial score (nSPS) is 19.3. The molecule has 0 bridgehead atoms. The summed E-state index contributed by atoms with van der Waals surface area (Å²) >= 11 is 5.84. The lowest BCUT2D eigenvalue weighted by Gasteiger charge is -2.23. The van der Waals surface area contributed by atoms with E-state index in [1.54, 1.807) is 36.4 Å². The summed E-state index contributed by atoms with van der Waals surface area (Å²) in [5.41, 5.74) is 0.915. The van der Waals surface area contributed by atoms with Gasteiger partial charge in [-0.15, -0.1) is 0 Å². The molecule has 10 heteroatoms. The van der Waals surface area contributed by atoms with Crippen molar-refractivity contribution in [3.63, 3.8) is 0 Å². The molecule has 35 heavy (non-hydrogen) atoms. The number of nitrogens with one attached hydrogen (secondary N) is 1. The number of halogens is 1. The lowest BCUT2D eigenvalue weighted by Crippen LogP contribution is -2.41. The van der Waals surface area contributed by atoms with Gasteiger partial charge in [0.05, 0.1) is 22.4 Å². The summed E-state index contributed by atoms with van der Waals surface area (Å²) in [5.74, 6) is 0. The van der Waals surface area contributed by atoms with Crippen LogP contribution in [0.3, 0.4) is 0 Å². The lowest BCUT2D eigenvalue weighted by atomic mass is 10.1. The SMILES string of the molecule is O=S(=O)(NCCN1OC[C@H](S(=O)(=O)c2ccccc2)[C@H]1/C=C/c1ccccc1)c1ccc(Cl)cc1. The van der Waals surface area contributed by atoms with Gasteiger partial charge in [0, 0.05) is 18.1 Å². The van der Waals surface area contributed by atoms with Crippen LogP contribution in [0.15, 0.2) is 101 Å². The number of hydroxylamine groups is 2. The first-order valence-electron chi connectivity index (χ1n) is 10.9. The number of sulfone groups is 1. The average Bonchev–Trinajstić information content (AvgIpc) is 3.27. The van der Waals surface area contributed by atoms with Crippen molar-refractivity contribution in [2.45, 2.75) is 21.1 Å². The first-order chi connectivity index (χ1) is 16.8. The Morgan fingerprint density at radius 2 is 1.51 bits per heavy atom. The van der Waals surface area contributed by atoms with Gasteiger partial charge in [-0.3, -0.25) is 4.84 Å². The quantitative estimate of drug-likeness (QED) is 0.451. The molecule has 2 atom stereocenters. The number of rotatable bonds is 9. The van der Waals surface area contributed by atoms with Crippen LogP contribution < -0.4 is 4.72 Å². The molecule has 1 heterocycles. The van der Waals surface area contributed by atoms with Crippen LogP contribution in [0, 0.1) is 0 Å². The van der Waals surface area contributed by atoms with Crippen molar-refractivity contribution in [3.8, 4) is 0 Å². The smallest absolute Gasteiger partial charge is 0.240 e. The minimum absolute atomic E-state index is 0.0265. The molecule has 0 saturated carbocycles. The van der Waals surface area contributed by atoms with Crippen LogP contribution in [-0.4, -0.2) is 52.9 Å². The highest BCUT2D eigenvalue weighted by Crippen LogP contribution is 2.28. The van der Waals surface area contributed by atoms with E-state index in [-0.39, 0.29) is 29.5 Å². The van der Waals surface area contributed by atoms with Gasteiger partial charge in [-0.1, -0.05) is 72.3 Å². The summed E-state index contributed by atoms with van der Waals surface area (Å²) in [4.78, 5) is 6.07. The fourth-order valence-electron chi connectivity index (χ4n) is 3.79. The molecule has 3 aromatic carbocycles. The number of hydrogen-bond donors (Lipinski definition) is 1. The Kier molecular flexibility index (Phi) is 8.05. The van der Waals surface area contributed by atoms with Crippen LogP contribution in [0.4, 0.5) is 0 Å². The van der Waals surface area contributed by atoms with Crippen LogP contribution in [0.25, 0.3) is 6.08 Å². The zero-order valence-electron chi connectivity index (χ0n) is 18.7. The molecule has 3 aromatic rings. The Balaban J connectivity index is 1.52. The molecule has 184 valence electrons. The predicted molar refractivity (Wildman–Crippen MR) is 136 cm³/mol. The first-order valence-corrected chi connectivity index (χ1v) is 14.4. The van der Waals surface area contributed by atoms with Crippen molar-refractivity contribution >= 4 is 37.5 Å². The van der Waals surface area contributed by atoms with Gasteiger partial charge in [-0.2, -0.15) is 5.06 Å². The van der Waals surface area contributed by atoms with Crippen molar-refractivity contribution in [1.29, 1.82) is 0 Å². The molecule has 0 unspecified atom stereocenters. The van der Waals surface area contributed by atoms with E-state index >= 15 is 0 Å². The van der Waals surface area contributed by atoms with Crippen molar-refractivity contribution in [3.05, 3.63) is 102 Å². The zero-order chi connectivity index (χ0) is 24.9. The van der Waals surface area contributed by atoms with Crippen LogP contribution in [0.5, 0.6) is 0 Å². The van der Waals surface area contributed by atoms with Crippen LogP contribution in [-0.2, 0) is 24.7 Å². The minimum Gasteiger partial charge on any atom is -0.297 e. The summed E-state index contributed by atoms with van der Waals surface area (Å²) in [5, 5.41) is 1.11. The Hall–Kier alpha value is -2.53. The van der Waals surface area contributed by atoms with E-state index in [4.69, 9.17) is 16.4 Å². The number of hydrogen-bond acceptors (Lipinski definition) is 6. The fourth-order valence-corrected chi connectivity index (χ4v) is 6.66. The van der Waals surface area contributed by atoms with E-state index in [2.05, 4.69) is 4.72 Å². The van der Waals surface area contributed by atoms with Crippen LogP contribution in [0.2, 0.25) is 5.02 Å². The van der Waals surface area contributed by atoms with Crippen molar-refractivity contribution in [1.82, 2.24) is 9.79 Å². The van der Waals surface area contributed by atoms with Gasteiger partial charge < -0.3 is 0 Å². The van der Waals surface area contributed by atoms with Crippen molar-refractivity contribution in [2.75, 3.05) is 19.7 Å². The second kappa shape index (κ2) is 11.0. The van der Waals surface area contributed by atoms with Crippen LogP contribution >= 0.6 is 11.6 Å². The number of nitrogens with zero attached hydrogens (tertiary/aromatic N) is 1. The molecule has 4 rings (SSSR count). The molecule has 7 nitrogen and oxygen atoms in total. The molecule has 0 aliphatic carbocycles. The van der Waals surface area contributed by atoms with Gasteiger partial charge in [-0.05, 0) is 42.0 Å². The molecule has 0 aromatic heterocycles. The highest BCUT2D eigenvalue weighted by atomic mass is 35.5. The Morgan fingerprint density at radius 1 is 0.886 bits per heavy atom. The predicted octanol–water partition coefficient (Wildman–Crippen LogP) is 3.79. The van der Waals surface area contributed by atoms with E-state index in [0.717, 1.165) is 5.56 Å². The van der Waals surface area contributed by atoms with Crippen molar-refractivity contribution < 1.29 is 21.7 Å². The molecule has 1 aliphatic heterocycles. The molecule has 0 spiro atoms. The molecule has 1 fully saturated rings. The van der Waals surface area contributed by atoms with E-state index in [9.17, 15) is 16.8 Å². The number of benzene rings is 3. The van der Waals surface area contributed by atoms with Crippen molar-refractivity contribution in [2.24, 2.45) is 0 Å². The third kappa shape index (κ3) is 6.19. The fraction of sp³-hybridized carbons (Fsp3) is 0.200. The third-order valence-electron chi connectivity index (χ3n) is 5.62. The number of sulfonamides is 1. The summed E-state index contributed by atoms with van der Waals surface area (Å²) in [7, 11) is -7.45. The maximum atomic E-state index is 13.4. The molecule has 0 radical (unpaired) electrons. The first kappa shape index (κ1) is 25.6. The Labute approximate surface area is 210 Å². The van der Waals surface area contributed by atoms with Gasteiger partial charge in [-0.25, -0.2) is 21.6 Å². The molecular weight excluding hydrogens is 508 g/mol. The Bertz CT molecular complexity index is 1360. The Morgan fingerprint density at radius 3 is 2.17 bits per heavy atom. The molecular formula is C25H25ClN2O5S2. The minimum atomic E-state index is -3.75. The summed E-state index contributed by atoms with van der Waals surface area (Å²) in [6.07, 6.45) is 3.64. The lowest BCUT2D eigenvalue weighted by molar-refractivity contribution is -0.121. The topological polar surface area (TPSA) is 92.8 Å². The molecule has 1 aliphatic rings. The molecule has 0 amide bonds. The largest absolute Gasteiger partial charge is 0.297 e. The monoisotopic (exact) mass is 532 g/mol. The van der Waals surface area contributed by atoms with Gasteiger partial charge >= 0.3 is 0 Å². The zero-order valence-corrected chi connectivity index (χ0v) is 21.1. The molecule has 1 saturated heterocycles. The van der Waals surface area contributed by atoms with Gasteiger partial charge in [0.15, 0.2) is 9.84 Å². The average molecular weight is 533 g/mol. The van der Waals surface area contributed by atoms with Gasteiger partial charge in [0.25, 0.3) is 0 Å². The second-order valence-electron chi connectivity index (χ2n) is 7.95. The maximum absolute atomic E-state index is 13.4. The summed E-state index contributed by atoms with van der Waals surface area (Å²) in [6.45, 7) is 0.140. The van der Waals surface area contributed by atoms with E-state index in [1.807, 2.05) is 36.4 Å². The second-order valence-corrected chi connectivity index (χ2v) is 12.3.